The number of ether oxygens (including phenoxy) is 1. The molecule has 0 aliphatic carbocycles. The SMILES string of the molecule is Cc1nc(NC(=O)CC2CCCOC2)n(-c2ccc(F)cc2C)n1. The van der Waals surface area contributed by atoms with Gasteiger partial charge in [0.2, 0.25) is 11.9 Å². The molecule has 1 atom stereocenters. The molecule has 1 N–H and O–H groups in total. The van der Waals surface area contributed by atoms with E-state index in [2.05, 4.69) is 15.4 Å². The van der Waals surface area contributed by atoms with E-state index in [1.165, 1.54) is 12.1 Å². The summed E-state index contributed by atoms with van der Waals surface area (Å²) in [7, 11) is 0. The summed E-state index contributed by atoms with van der Waals surface area (Å²) in [5.41, 5.74) is 1.41. The van der Waals surface area contributed by atoms with Crippen LogP contribution in [-0.2, 0) is 9.53 Å². The van der Waals surface area contributed by atoms with Crippen LogP contribution in [0.4, 0.5) is 10.3 Å². The van der Waals surface area contributed by atoms with Crippen molar-refractivity contribution in [1.29, 1.82) is 0 Å². The maximum absolute atomic E-state index is 13.3. The molecule has 0 spiro atoms. The number of hydrogen-bond acceptors (Lipinski definition) is 4. The van der Waals surface area contributed by atoms with Crippen LogP contribution in [0.15, 0.2) is 18.2 Å². The first-order chi connectivity index (χ1) is 11.5. The molecule has 1 amide bonds. The smallest absolute Gasteiger partial charge is 0.233 e. The van der Waals surface area contributed by atoms with Crippen molar-refractivity contribution >= 4 is 11.9 Å². The van der Waals surface area contributed by atoms with Crippen molar-refractivity contribution in [2.24, 2.45) is 5.92 Å². The number of rotatable bonds is 4. The Hall–Kier alpha value is -2.28. The highest BCUT2D eigenvalue weighted by atomic mass is 19.1. The highest BCUT2D eigenvalue weighted by Gasteiger charge is 2.20. The summed E-state index contributed by atoms with van der Waals surface area (Å²) >= 11 is 0. The third kappa shape index (κ3) is 3.79. The van der Waals surface area contributed by atoms with Crippen LogP contribution in [0, 0.1) is 25.6 Å². The first-order valence-corrected chi connectivity index (χ1v) is 8.10. The Morgan fingerprint density at radius 3 is 3.00 bits per heavy atom. The summed E-state index contributed by atoms with van der Waals surface area (Å²) in [5, 5.41) is 7.14. The van der Waals surface area contributed by atoms with Gasteiger partial charge in [-0.25, -0.2) is 4.39 Å². The zero-order chi connectivity index (χ0) is 17.1. The lowest BCUT2D eigenvalue weighted by Crippen LogP contribution is -2.24. The van der Waals surface area contributed by atoms with Gasteiger partial charge in [0.05, 0.1) is 5.69 Å². The molecule has 1 aromatic carbocycles. The number of anilines is 1. The largest absolute Gasteiger partial charge is 0.381 e. The number of nitrogens with zero attached hydrogens (tertiary/aromatic N) is 3. The quantitative estimate of drug-likeness (QED) is 0.935. The predicted molar refractivity (Wildman–Crippen MR) is 87.6 cm³/mol. The highest BCUT2D eigenvalue weighted by Crippen LogP contribution is 2.21. The van der Waals surface area contributed by atoms with Gasteiger partial charge < -0.3 is 4.74 Å². The molecule has 1 fully saturated rings. The normalized spacial score (nSPS) is 17.7. The summed E-state index contributed by atoms with van der Waals surface area (Å²) in [6, 6.07) is 4.42. The van der Waals surface area contributed by atoms with E-state index in [0.717, 1.165) is 25.0 Å². The van der Waals surface area contributed by atoms with Crippen molar-refractivity contribution in [2.75, 3.05) is 18.5 Å². The van der Waals surface area contributed by atoms with Gasteiger partial charge in [-0.3, -0.25) is 10.1 Å². The number of carbonyl (C=O) groups excluding carboxylic acids is 1. The van der Waals surface area contributed by atoms with E-state index < -0.39 is 0 Å². The minimum atomic E-state index is -0.309. The van der Waals surface area contributed by atoms with Gasteiger partial charge in [0, 0.05) is 19.6 Å². The number of nitrogens with one attached hydrogen (secondary N) is 1. The molecule has 3 rings (SSSR count). The summed E-state index contributed by atoms with van der Waals surface area (Å²) in [6.45, 7) is 4.94. The lowest BCUT2D eigenvalue weighted by atomic mass is 9.98. The lowest BCUT2D eigenvalue weighted by Gasteiger charge is -2.21. The Balaban J connectivity index is 1.77. The minimum absolute atomic E-state index is 0.112. The molecule has 2 heterocycles. The van der Waals surface area contributed by atoms with Crippen LogP contribution >= 0.6 is 0 Å². The minimum Gasteiger partial charge on any atom is -0.381 e. The molecule has 1 unspecified atom stereocenters. The summed E-state index contributed by atoms with van der Waals surface area (Å²) in [5.74, 6) is 0.706. The van der Waals surface area contributed by atoms with E-state index in [4.69, 9.17) is 4.74 Å². The van der Waals surface area contributed by atoms with Gasteiger partial charge in [-0.15, -0.1) is 5.10 Å². The molecule has 24 heavy (non-hydrogen) atoms. The fourth-order valence-corrected chi connectivity index (χ4v) is 2.93. The monoisotopic (exact) mass is 332 g/mol. The van der Waals surface area contributed by atoms with Gasteiger partial charge in [-0.05, 0) is 56.4 Å². The zero-order valence-electron chi connectivity index (χ0n) is 13.9. The maximum atomic E-state index is 13.3. The molecule has 1 aliphatic heterocycles. The first kappa shape index (κ1) is 16.6. The standard InChI is InChI=1S/C17H21FN4O2/c1-11-8-14(18)5-6-15(11)22-17(19-12(2)21-22)20-16(23)9-13-4-3-7-24-10-13/h5-6,8,13H,3-4,7,9-10H2,1-2H3,(H,19,20,21,23). The molecule has 2 aromatic rings. The average molecular weight is 332 g/mol. The Kier molecular flexibility index (Phi) is 4.89. The molecule has 7 heteroatoms. The molecule has 0 saturated carbocycles. The number of carbonyl (C=O) groups is 1. The van der Waals surface area contributed by atoms with Gasteiger partial charge in [0.15, 0.2) is 0 Å². The van der Waals surface area contributed by atoms with Crippen LogP contribution in [0.5, 0.6) is 0 Å². The molecule has 0 radical (unpaired) electrons. The van der Waals surface area contributed by atoms with Crippen molar-refractivity contribution in [2.45, 2.75) is 33.1 Å². The van der Waals surface area contributed by atoms with Crippen molar-refractivity contribution in [3.8, 4) is 5.69 Å². The number of aryl methyl sites for hydroxylation is 2. The number of aromatic nitrogens is 3. The zero-order valence-corrected chi connectivity index (χ0v) is 13.9. The highest BCUT2D eigenvalue weighted by molar-refractivity contribution is 5.89. The topological polar surface area (TPSA) is 69.0 Å². The fourth-order valence-electron chi connectivity index (χ4n) is 2.93. The molecule has 1 saturated heterocycles. The van der Waals surface area contributed by atoms with Gasteiger partial charge in [0.1, 0.15) is 11.6 Å². The molecular weight excluding hydrogens is 311 g/mol. The fraction of sp³-hybridized carbons (Fsp3) is 0.471. The lowest BCUT2D eigenvalue weighted by molar-refractivity contribution is -0.118. The third-order valence-electron chi connectivity index (χ3n) is 4.08. The Labute approximate surface area is 140 Å². The molecule has 6 nitrogen and oxygen atoms in total. The number of benzene rings is 1. The van der Waals surface area contributed by atoms with Crippen LogP contribution in [0.3, 0.4) is 0 Å². The van der Waals surface area contributed by atoms with Crippen LogP contribution in [-0.4, -0.2) is 33.9 Å². The van der Waals surface area contributed by atoms with E-state index in [1.807, 2.05) is 0 Å². The summed E-state index contributed by atoms with van der Waals surface area (Å²) in [4.78, 5) is 16.6. The summed E-state index contributed by atoms with van der Waals surface area (Å²) < 4.78 is 20.3. The van der Waals surface area contributed by atoms with Crippen LogP contribution in [0.25, 0.3) is 5.69 Å². The van der Waals surface area contributed by atoms with Crippen molar-refractivity contribution in [3.05, 3.63) is 35.4 Å². The molecule has 1 aromatic heterocycles. The number of hydrogen-bond donors (Lipinski definition) is 1. The molecule has 1 aliphatic rings. The Morgan fingerprint density at radius 1 is 1.46 bits per heavy atom. The Bertz CT molecular complexity index is 738. The molecular formula is C17H21FN4O2. The second-order valence-corrected chi connectivity index (χ2v) is 6.16. The van der Waals surface area contributed by atoms with Crippen LogP contribution < -0.4 is 5.32 Å². The second kappa shape index (κ2) is 7.09. The molecule has 128 valence electrons. The van der Waals surface area contributed by atoms with E-state index in [0.29, 0.717) is 30.5 Å². The Morgan fingerprint density at radius 2 is 2.29 bits per heavy atom. The van der Waals surface area contributed by atoms with E-state index >= 15 is 0 Å². The van der Waals surface area contributed by atoms with E-state index in [-0.39, 0.29) is 17.6 Å². The van der Waals surface area contributed by atoms with Gasteiger partial charge in [-0.1, -0.05) is 0 Å². The van der Waals surface area contributed by atoms with Crippen molar-refractivity contribution < 1.29 is 13.9 Å². The maximum Gasteiger partial charge on any atom is 0.233 e. The van der Waals surface area contributed by atoms with E-state index in [9.17, 15) is 9.18 Å². The number of halogens is 1. The average Bonchev–Trinajstić information content (AvgIpc) is 2.88. The van der Waals surface area contributed by atoms with Crippen molar-refractivity contribution in [1.82, 2.24) is 14.8 Å². The predicted octanol–water partition coefficient (Wildman–Crippen LogP) is 2.78. The first-order valence-electron chi connectivity index (χ1n) is 8.10. The molecule has 0 bridgehead atoms. The third-order valence-corrected chi connectivity index (χ3v) is 4.08. The van der Waals surface area contributed by atoms with Gasteiger partial charge in [0.25, 0.3) is 0 Å². The van der Waals surface area contributed by atoms with Crippen LogP contribution in [0.2, 0.25) is 0 Å². The summed E-state index contributed by atoms with van der Waals surface area (Å²) in [6.07, 6.45) is 2.38. The van der Waals surface area contributed by atoms with Gasteiger partial charge in [-0.2, -0.15) is 9.67 Å². The second-order valence-electron chi connectivity index (χ2n) is 6.16. The number of amides is 1. The van der Waals surface area contributed by atoms with Crippen LogP contribution in [0.1, 0.15) is 30.7 Å². The van der Waals surface area contributed by atoms with Gasteiger partial charge >= 0.3 is 0 Å². The van der Waals surface area contributed by atoms with E-state index in [1.54, 1.807) is 24.6 Å². The van der Waals surface area contributed by atoms with Crippen molar-refractivity contribution in [3.63, 3.8) is 0 Å².